The molecule has 1 atom stereocenters. The molecule has 1 aliphatic rings. The van der Waals surface area contributed by atoms with Crippen LogP contribution >= 0.6 is 11.8 Å². The van der Waals surface area contributed by atoms with Crippen molar-refractivity contribution in [3.8, 4) is 0 Å². The van der Waals surface area contributed by atoms with Gasteiger partial charge in [-0.15, -0.1) is 11.8 Å². The molecule has 1 heterocycles. The van der Waals surface area contributed by atoms with Crippen molar-refractivity contribution in [3.05, 3.63) is 71.8 Å². The van der Waals surface area contributed by atoms with E-state index >= 15 is 0 Å². The van der Waals surface area contributed by atoms with Gasteiger partial charge in [0.2, 0.25) is 5.91 Å². The molecule has 2 aromatic rings. The molecule has 1 fully saturated rings. The minimum atomic E-state index is -0.673. The Kier molecular flexibility index (Phi) is 6.49. The van der Waals surface area contributed by atoms with Crippen LogP contribution in [0.1, 0.15) is 17.2 Å². The van der Waals surface area contributed by atoms with Crippen LogP contribution in [0.2, 0.25) is 0 Å². The first-order chi connectivity index (χ1) is 13.1. The van der Waals surface area contributed by atoms with Crippen LogP contribution in [0.5, 0.6) is 0 Å². The van der Waals surface area contributed by atoms with Gasteiger partial charge in [-0.2, -0.15) is 0 Å². The molecule has 0 saturated carbocycles. The largest absolute Gasteiger partial charge is 0.439 e. The molecule has 2 aromatic carbocycles. The van der Waals surface area contributed by atoms with E-state index in [1.807, 2.05) is 60.7 Å². The summed E-state index contributed by atoms with van der Waals surface area (Å²) < 4.78 is 4.75. The Labute approximate surface area is 161 Å². The Morgan fingerprint density at radius 1 is 1.07 bits per heavy atom. The van der Waals surface area contributed by atoms with E-state index in [2.05, 4.69) is 5.32 Å². The fraction of sp³-hybridized carbons (Fsp3) is 0.250. The number of cyclic esters (lactones) is 1. The zero-order valence-electron chi connectivity index (χ0n) is 14.7. The van der Waals surface area contributed by atoms with Crippen LogP contribution in [-0.2, 0) is 20.1 Å². The number of nitrogens with one attached hydrogen (secondary N) is 1. The molecule has 0 radical (unpaired) electrons. The van der Waals surface area contributed by atoms with E-state index in [0.29, 0.717) is 0 Å². The van der Waals surface area contributed by atoms with Crippen LogP contribution in [-0.4, -0.2) is 41.7 Å². The number of imide groups is 1. The Hall–Kier alpha value is -2.80. The summed E-state index contributed by atoms with van der Waals surface area (Å²) in [6, 6.07) is 18.7. The van der Waals surface area contributed by atoms with E-state index in [9.17, 15) is 14.4 Å². The maximum Gasteiger partial charge on any atom is 0.417 e. The highest BCUT2D eigenvalue weighted by Gasteiger charge is 2.33. The van der Waals surface area contributed by atoms with Gasteiger partial charge in [0.1, 0.15) is 0 Å². The molecule has 3 amide bonds. The lowest BCUT2D eigenvalue weighted by atomic mass is 10.1. The fourth-order valence-corrected chi connectivity index (χ4v) is 3.53. The van der Waals surface area contributed by atoms with Gasteiger partial charge in [-0.3, -0.25) is 9.59 Å². The number of thioether (sulfide) groups is 1. The number of nitrogens with zero attached hydrogens (tertiary/aromatic N) is 1. The van der Waals surface area contributed by atoms with Crippen molar-refractivity contribution in [2.45, 2.75) is 11.8 Å². The van der Waals surface area contributed by atoms with Gasteiger partial charge in [-0.05, 0) is 11.1 Å². The summed E-state index contributed by atoms with van der Waals surface area (Å²) in [5, 5.41) is 2.93. The van der Waals surface area contributed by atoms with Crippen molar-refractivity contribution in [1.82, 2.24) is 10.2 Å². The van der Waals surface area contributed by atoms with Crippen molar-refractivity contribution in [1.29, 1.82) is 0 Å². The maximum atomic E-state index is 12.4. The van der Waals surface area contributed by atoms with Crippen molar-refractivity contribution < 1.29 is 19.1 Å². The summed E-state index contributed by atoms with van der Waals surface area (Å²) in [5.41, 5.74) is 1.98. The summed E-state index contributed by atoms with van der Waals surface area (Å²) in [6.07, 6.45) is -0.673. The summed E-state index contributed by atoms with van der Waals surface area (Å²) in [4.78, 5) is 37.0. The van der Waals surface area contributed by atoms with E-state index in [-0.39, 0.29) is 24.8 Å². The summed E-state index contributed by atoms with van der Waals surface area (Å²) in [5.74, 6) is 0.482. The van der Waals surface area contributed by atoms with Gasteiger partial charge in [-0.1, -0.05) is 60.7 Å². The number of ether oxygens (including phenoxy) is 1. The smallest absolute Gasteiger partial charge is 0.417 e. The minimum Gasteiger partial charge on any atom is -0.439 e. The van der Waals surface area contributed by atoms with E-state index in [4.69, 9.17) is 4.74 Å². The zero-order chi connectivity index (χ0) is 19.1. The third-order valence-electron chi connectivity index (χ3n) is 4.09. The number of hydrogen-bond donors (Lipinski definition) is 1. The van der Waals surface area contributed by atoms with Gasteiger partial charge in [0.25, 0.3) is 5.91 Å². The molecule has 1 unspecified atom stereocenters. The van der Waals surface area contributed by atoms with Crippen LogP contribution in [0.15, 0.2) is 60.7 Å². The van der Waals surface area contributed by atoms with Crippen molar-refractivity contribution in [2.24, 2.45) is 0 Å². The standard InChI is InChI=1S/C20H20N2O4S/c23-18(14-27-13-15-7-3-1-4-8-15)21-17(16-9-5-2-6-10-16)11-22-19(24)12-26-20(22)25/h1-10,17H,11-14H2,(H,21,23). The average Bonchev–Trinajstić information content (AvgIpc) is 3.01. The number of carbonyl (C=O) groups is 3. The van der Waals surface area contributed by atoms with Crippen LogP contribution in [0.25, 0.3) is 0 Å². The number of benzene rings is 2. The topological polar surface area (TPSA) is 75.7 Å². The molecule has 1 aliphatic heterocycles. The highest BCUT2D eigenvalue weighted by atomic mass is 32.2. The van der Waals surface area contributed by atoms with Crippen molar-refractivity contribution in [3.63, 3.8) is 0 Å². The van der Waals surface area contributed by atoms with Gasteiger partial charge in [-0.25, -0.2) is 9.69 Å². The zero-order valence-corrected chi connectivity index (χ0v) is 15.5. The van der Waals surface area contributed by atoms with E-state index in [1.165, 1.54) is 11.8 Å². The molecule has 6 nitrogen and oxygen atoms in total. The minimum absolute atomic E-state index is 0.0524. The Morgan fingerprint density at radius 2 is 1.74 bits per heavy atom. The lowest BCUT2D eigenvalue weighted by molar-refractivity contribution is -0.127. The second-order valence-electron chi connectivity index (χ2n) is 6.07. The molecular formula is C20H20N2O4S. The number of hydrogen-bond acceptors (Lipinski definition) is 5. The highest BCUT2D eigenvalue weighted by Crippen LogP contribution is 2.18. The van der Waals surface area contributed by atoms with Gasteiger partial charge in [0.15, 0.2) is 6.61 Å². The third kappa shape index (κ3) is 5.34. The monoisotopic (exact) mass is 384 g/mol. The van der Waals surface area contributed by atoms with E-state index in [1.54, 1.807) is 0 Å². The van der Waals surface area contributed by atoms with Gasteiger partial charge in [0, 0.05) is 5.75 Å². The Morgan fingerprint density at radius 3 is 2.37 bits per heavy atom. The molecule has 1 N–H and O–H groups in total. The van der Waals surface area contributed by atoms with Crippen LogP contribution in [0, 0.1) is 0 Å². The van der Waals surface area contributed by atoms with E-state index < -0.39 is 18.0 Å². The molecule has 140 valence electrons. The van der Waals surface area contributed by atoms with Gasteiger partial charge in [0.05, 0.1) is 18.3 Å². The first-order valence-electron chi connectivity index (χ1n) is 8.56. The quantitative estimate of drug-likeness (QED) is 0.757. The van der Waals surface area contributed by atoms with Gasteiger partial charge >= 0.3 is 6.09 Å². The number of carbonyl (C=O) groups excluding carboxylic acids is 3. The lowest BCUT2D eigenvalue weighted by Gasteiger charge is -2.22. The Balaban J connectivity index is 1.60. The first-order valence-corrected chi connectivity index (χ1v) is 9.72. The lowest BCUT2D eigenvalue weighted by Crippen LogP contribution is -2.41. The summed E-state index contributed by atoms with van der Waals surface area (Å²) in [6.45, 7) is -0.196. The molecule has 3 rings (SSSR count). The molecule has 0 bridgehead atoms. The molecule has 27 heavy (non-hydrogen) atoms. The molecular weight excluding hydrogens is 364 g/mol. The molecule has 7 heteroatoms. The number of rotatable bonds is 8. The fourth-order valence-electron chi connectivity index (χ4n) is 2.73. The molecule has 1 saturated heterocycles. The summed E-state index contributed by atoms with van der Waals surface area (Å²) in [7, 11) is 0. The van der Waals surface area contributed by atoms with Crippen LogP contribution in [0.4, 0.5) is 4.79 Å². The van der Waals surface area contributed by atoms with Crippen LogP contribution in [0.3, 0.4) is 0 Å². The molecule has 0 spiro atoms. The summed E-state index contributed by atoms with van der Waals surface area (Å²) >= 11 is 1.51. The third-order valence-corrected chi connectivity index (χ3v) is 5.09. The molecule has 0 aliphatic carbocycles. The first kappa shape index (κ1) is 19.0. The maximum absolute atomic E-state index is 12.4. The van der Waals surface area contributed by atoms with Crippen molar-refractivity contribution in [2.75, 3.05) is 18.9 Å². The SMILES string of the molecule is O=C(CSCc1ccccc1)NC(CN1C(=O)COC1=O)c1ccccc1. The second-order valence-corrected chi connectivity index (χ2v) is 7.05. The van der Waals surface area contributed by atoms with Crippen molar-refractivity contribution >= 4 is 29.7 Å². The van der Waals surface area contributed by atoms with Gasteiger partial charge < -0.3 is 10.1 Å². The average molecular weight is 384 g/mol. The van der Waals surface area contributed by atoms with E-state index in [0.717, 1.165) is 21.8 Å². The normalized spacial score (nSPS) is 14.7. The number of amides is 3. The predicted molar refractivity (Wildman–Crippen MR) is 103 cm³/mol. The van der Waals surface area contributed by atoms with Crippen LogP contribution < -0.4 is 5.32 Å². The predicted octanol–water partition coefficient (Wildman–Crippen LogP) is 2.76. The second kappa shape index (κ2) is 9.23. The molecule has 0 aromatic heterocycles. The Bertz CT molecular complexity index is 782. The highest BCUT2D eigenvalue weighted by molar-refractivity contribution is 7.99.